The Bertz CT molecular complexity index is 798. The molecule has 1 aromatic carbocycles. The summed E-state index contributed by atoms with van der Waals surface area (Å²) in [6.07, 6.45) is 1.65. The molecule has 2 heterocycles. The minimum Gasteiger partial charge on any atom is -0.383 e. The number of hydrogen-bond acceptors (Lipinski definition) is 5. The first-order valence-electron chi connectivity index (χ1n) is 9.26. The van der Waals surface area contributed by atoms with E-state index in [4.69, 9.17) is 14.7 Å². The quantitative estimate of drug-likeness (QED) is 0.834. The van der Waals surface area contributed by atoms with E-state index >= 15 is 0 Å². The van der Waals surface area contributed by atoms with Gasteiger partial charge in [0.1, 0.15) is 0 Å². The van der Waals surface area contributed by atoms with Gasteiger partial charge in [0.25, 0.3) is 0 Å². The van der Waals surface area contributed by atoms with Gasteiger partial charge in [0, 0.05) is 38.0 Å². The Hall–Kier alpha value is -2.21. The first-order valence-corrected chi connectivity index (χ1v) is 9.26. The highest BCUT2D eigenvalue weighted by atomic mass is 16.5. The number of benzene rings is 1. The van der Waals surface area contributed by atoms with Gasteiger partial charge in [-0.3, -0.25) is 4.79 Å². The highest BCUT2D eigenvalue weighted by Crippen LogP contribution is 2.25. The maximum Gasteiger partial charge on any atom is 0.226 e. The first-order chi connectivity index (χ1) is 12.5. The predicted molar refractivity (Wildman–Crippen MR) is 104 cm³/mol. The number of carbonyl (C=O) groups excluding carboxylic acids is 1. The zero-order valence-corrected chi connectivity index (χ0v) is 16.1. The molecule has 0 unspecified atom stereocenters. The van der Waals surface area contributed by atoms with Crippen LogP contribution in [0.1, 0.15) is 29.7 Å². The molecule has 1 amide bonds. The Morgan fingerprint density at radius 2 is 1.88 bits per heavy atom. The van der Waals surface area contributed by atoms with E-state index in [1.165, 1.54) is 11.1 Å². The van der Waals surface area contributed by atoms with Crippen LogP contribution in [-0.4, -0.2) is 49.2 Å². The monoisotopic (exact) mass is 356 g/mol. The minimum absolute atomic E-state index is 0.0644. The molecule has 0 aliphatic carbocycles. The Balaban J connectivity index is 1.69. The lowest BCUT2D eigenvalue weighted by molar-refractivity contribution is -0.125. The van der Waals surface area contributed by atoms with Gasteiger partial charge in [-0.05, 0) is 56.9 Å². The highest BCUT2D eigenvalue weighted by molar-refractivity contribution is 5.83. The molecule has 1 aromatic heterocycles. The summed E-state index contributed by atoms with van der Waals surface area (Å²) in [6, 6.07) is 4.30. The van der Waals surface area contributed by atoms with E-state index in [1.807, 2.05) is 6.92 Å². The summed E-state index contributed by atoms with van der Waals surface area (Å²) in [4.78, 5) is 23.9. The molecule has 1 N–H and O–H groups in total. The molecule has 1 fully saturated rings. The van der Waals surface area contributed by atoms with Crippen LogP contribution < -0.4 is 10.2 Å². The van der Waals surface area contributed by atoms with E-state index in [0.717, 1.165) is 48.5 Å². The van der Waals surface area contributed by atoms with Gasteiger partial charge in [-0.1, -0.05) is 0 Å². The molecule has 0 spiro atoms. The second-order valence-corrected chi connectivity index (χ2v) is 7.11. The molecule has 0 saturated carbocycles. The largest absolute Gasteiger partial charge is 0.383 e. The number of anilines is 1. The highest BCUT2D eigenvalue weighted by Gasteiger charge is 2.26. The number of aryl methyl sites for hydroxylation is 3. The fourth-order valence-electron chi connectivity index (χ4n) is 3.43. The van der Waals surface area contributed by atoms with Gasteiger partial charge in [0.05, 0.1) is 17.8 Å². The Morgan fingerprint density at radius 1 is 1.19 bits per heavy atom. The molecule has 140 valence electrons. The van der Waals surface area contributed by atoms with E-state index in [2.05, 4.69) is 36.2 Å². The number of amides is 1. The topological polar surface area (TPSA) is 67.3 Å². The van der Waals surface area contributed by atoms with Crippen molar-refractivity contribution in [3.8, 4) is 0 Å². The van der Waals surface area contributed by atoms with Gasteiger partial charge in [-0.15, -0.1) is 0 Å². The lowest BCUT2D eigenvalue weighted by atomic mass is 9.96. The fraction of sp³-hybridized carbons (Fsp3) is 0.550. The maximum atomic E-state index is 12.2. The summed E-state index contributed by atoms with van der Waals surface area (Å²) >= 11 is 0. The molecule has 3 rings (SSSR count). The van der Waals surface area contributed by atoms with Gasteiger partial charge in [-0.2, -0.15) is 0 Å². The van der Waals surface area contributed by atoms with Crippen molar-refractivity contribution in [1.82, 2.24) is 15.3 Å². The Labute approximate surface area is 155 Å². The fourth-order valence-corrected chi connectivity index (χ4v) is 3.43. The van der Waals surface area contributed by atoms with Crippen LogP contribution in [0.5, 0.6) is 0 Å². The maximum absolute atomic E-state index is 12.2. The summed E-state index contributed by atoms with van der Waals surface area (Å²) in [6.45, 7) is 8.99. The van der Waals surface area contributed by atoms with Gasteiger partial charge < -0.3 is 15.0 Å². The van der Waals surface area contributed by atoms with E-state index in [9.17, 15) is 4.79 Å². The number of hydrogen-bond donors (Lipinski definition) is 1. The van der Waals surface area contributed by atoms with Crippen molar-refractivity contribution in [2.45, 2.75) is 33.6 Å². The molecule has 1 aliphatic rings. The van der Waals surface area contributed by atoms with E-state index in [-0.39, 0.29) is 11.8 Å². The molecule has 0 bridgehead atoms. The first kappa shape index (κ1) is 18.6. The van der Waals surface area contributed by atoms with Crippen LogP contribution in [0.15, 0.2) is 12.1 Å². The van der Waals surface area contributed by atoms with Crippen molar-refractivity contribution in [3.05, 3.63) is 29.0 Å². The SMILES string of the molecule is COCCNC(=O)C1CCN(c2nc(C)c3cc(C)c(C)cc3n2)CC1. The van der Waals surface area contributed by atoms with Crippen LogP contribution in [0.3, 0.4) is 0 Å². The number of fused-ring (bicyclic) bond motifs is 1. The van der Waals surface area contributed by atoms with E-state index in [0.29, 0.717) is 13.2 Å². The van der Waals surface area contributed by atoms with Crippen LogP contribution in [0.2, 0.25) is 0 Å². The Morgan fingerprint density at radius 3 is 2.58 bits per heavy atom. The average molecular weight is 356 g/mol. The zero-order valence-electron chi connectivity index (χ0n) is 16.1. The third-order valence-electron chi connectivity index (χ3n) is 5.24. The van der Waals surface area contributed by atoms with Crippen molar-refractivity contribution in [3.63, 3.8) is 0 Å². The van der Waals surface area contributed by atoms with Gasteiger partial charge in [0.15, 0.2) is 0 Å². The molecular formula is C20H28N4O2. The summed E-state index contributed by atoms with van der Waals surface area (Å²) in [5.74, 6) is 0.967. The van der Waals surface area contributed by atoms with Crippen LogP contribution >= 0.6 is 0 Å². The van der Waals surface area contributed by atoms with Gasteiger partial charge in [0.2, 0.25) is 11.9 Å². The number of nitrogens with one attached hydrogen (secondary N) is 1. The summed E-state index contributed by atoms with van der Waals surface area (Å²) in [5, 5.41) is 4.05. The average Bonchev–Trinajstić information content (AvgIpc) is 2.63. The number of nitrogens with zero attached hydrogens (tertiary/aromatic N) is 3. The number of aromatic nitrogens is 2. The zero-order chi connectivity index (χ0) is 18.7. The van der Waals surface area contributed by atoms with E-state index < -0.39 is 0 Å². The van der Waals surface area contributed by atoms with Crippen molar-refractivity contribution in [1.29, 1.82) is 0 Å². The Kier molecular flexibility index (Phi) is 5.71. The van der Waals surface area contributed by atoms with Crippen LogP contribution in [0, 0.1) is 26.7 Å². The van der Waals surface area contributed by atoms with E-state index in [1.54, 1.807) is 7.11 Å². The standard InChI is InChI=1S/C20H28N4O2/c1-13-11-17-15(3)22-20(23-18(17)12-14(13)2)24-8-5-16(6-9-24)19(25)21-7-10-26-4/h11-12,16H,5-10H2,1-4H3,(H,21,25). The lowest BCUT2D eigenvalue weighted by Crippen LogP contribution is -2.41. The molecule has 2 aromatic rings. The predicted octanol–water partition coefficient (Wildman–Crippen LogP) is 2.53. The van der Waals surface area contributed by atoms with Crippen LogP contribution in [0.4, 0.5) is 5.95 Å². The smallest absolute Gasteiger partial charge is 0.226 e. The van der Waals surface area contributed by atoms with Crippen molar-refractivity contribution < 1.29 is 9.53 Å². The molecule has 1 aliphatic heterocycles. The molecule has 26 heavy (non-hydrogen) atoms. The van der Waals surface area contributed by atoms with Crippen LogP contribution in [-0.2, 0) is 9.53 Å². The number of rotatable bonds is 5. The minimum atomic E-state index is 0.0644. The number of carbonyl (C=O) groups is 1. The van der Waals surface area contributed by atoms with Gasteiger partial charge >= 0.3 is 0 Å². The third-order valence-corrected chi connectivity index (χ3v) is 5.24. The van der Waals surface area contributed by atoms with Gasteiger partial charge in [-0.25, -0.2) is 9.97 Å². The molecule has 6 nitrogen and oxygen atoms in total. The molecule has 0 radical (unpaired) electrons. The molecular weight excluding hydrogens is 328 g/mol. The summed E-state index contributed by atoms with van der Waals surface area (Å²) in [7, 11) is 1.64. The number of piperidine rings is 1. The van der Waals surface area contributed by atoms with Crippen molar-refractivity contribution in [2.75, 3.05) is 38.3 Å². The number of methoxy groups -OCH3 is 1. The third kappa shape index (κ3) is 3.96. The number of ether oxygens (including phenoxy) is 1. The second-order valence-electron chi connectivity index (χ2n) is 7.11. The molecule has 6 heteroatoms. The molecule has 0 atom stereocenters. The lowest BCUT2D eigenvalue weighted by Gasteiger charge is -2.31. The normalized spacial score (nSPS) is 15.5. The summed E-state index contributed by atoms with van der Waals surface area (Å²) < 4.78 is 4.98. The second kappa shape index (κ2) is 7.99. The molecule has 1 saturated heterocycles. The van der Waals surface area contributed by atoms with Crippen LogP contribution in [0.25, 0.3) is 10.9 Å². The summed E-state index contributed by atoms with van der Waals surface area (Å²) in [5.41, 5.74) is 4.51. The van der Waals surface area contributed by atoms with Crippen molar-refractivity contribution >= 4 is 22.8 Å². The van der Waals surface area contributed by atoms with Crippen molar-refractivity contribution in [2.24, 2.45) is 5.92 Å².